The smallest absolute Gasteiger partial charge is 0.329 e. The molecule has 0 radical (unpaired) electrons. The summed E-state index contributed by atoms with van der Waals surface area (Å²) >= 11 is 6.04. The van der Waals surface area contributed by atoms with E-state index in [-0.39, 0.29) is 23.3 Å². The first-order valence-electron chi connectivity index (χ1n) is 10.7. The molecule has 0 saturated heterocycles. The molecule has 2 rings (SSSR count). The van der Waals surface area contributed by atoms with Crippen LogP contribution in [0.1, 0.15) is 45.1 Å². The lowest BCUT2D eigenvalue weighted by Crippen LogP contribution is -2.48. The van der Waals surface area contributed by atoms with Crippen LogP contribution >= 0.6 is 11.6 Å². The number of carbonyl (C=O) groups is 2. The molecule has 0 aliphatic carbocycles. The van der Waals surface area contributed by atoms with E-state index in [1.165, 1.54) is 19.4 Å². The van der Waals surface area contributed by atoms with E-state index in [9.17, 15) is 14.7 Å². The van der Waals surface area contributed by atoms with Gasteiger partial charge in [0.2, 0.25) is 0 Å². The molecule has 0 unspecified atom stereocenters. The molecular formula is C24H31ClN2O6. The number of halogens is 1. The highest BCUT2D eigenvalue weighted by atomic mass is 35.5. The van der Waals surface area contributed by atoms with Gasteiger partial charge in [-0.25, -0.2) is 9.78 Å². The van der Waals surface area contributed by atoms with E-state index >= 15 is 0 Å². The first kappa shape index (κ1) is 26.3. The maximum absolute atomic E-state index is 13.0. The van der Waals surface area contributed by atoms with E-state index < -0.39 is 35.9 Å². The monoisotopic (exact) mass is 478 g/mol. The van der Waals surface area contributed by atoms with Gasteiger partial charge in [-0.15, -0.1) is 0 Å². The summed E-state index contributed by atoms with van der Waals surface area (Å²) in [7, 11) is 1.36. The van der Waals surface area contributed by atoms with Crippen molar-refractivity contribution in [2.75, 3.05) is 7.11 Å². The van der Waals surface area contributed by atoms with Crippen LogP contribution in [-0.2, 0) is 9.53 Å². The Morgan fingerprint density at radius 3 is 2.36 bits per heavy atom. The number of nitrogens with one attached hydrogen (secondary N) is 1. The number of hydrogen-bond acceptors (Lipinski definition) is 7. The van der Waals surface area contributed by atoms with E-state index in [4.69, 9.17) is 25.8 Å². The third kappa shape index (κ3) is 6.99. The molecule has 2 N–H and O–H groups in total. The van der Waals surface area contributed by atoms with E-state index in [1.807, 2.05) is 13.8 Å². The molecule has 0 saturated carbocycles. The van der Waals surface area contributed by atoms with Crippen molar-refractivity contribution in [2.24, 2.45) is 11.8 Å². The number of methoxy groups -OCH3 is 1. The number of hydrogen-bond donors (Lipinski definition) is 2. The fourth-order valence-corrected chi connectivity index (χ4v) is 3.45. The Morgan fingerprint density at radius 1 is 1.09 bits per heavy atom. The summed E-state index contributed by atoms with van der Waals surface area (Å²) in [6, 6.07) is 7.45. The Bertz CT molecular complexity index is 966. The Hall–Kier alpha value is -3.00. The number of pyridine rings is 1. The SMILES string of the molecule is COc1ccnc(C(=O)N[C@H](C(=O)O[C@@H](C)[C@H](Oc2cccc(Cl)c2)C(C)C)C(C)C)c1O. The average molecular weight is 479 g/mol. The predicted molar refractivity (Wildman–Crippen MR) is 125 cm³/mol. The zero-order valence-corrected chi connectivity index (χ0v) is 20.4. The first-order chi connectivity index (χ1) is 15.5. The average Bonchev–Trinajstić information content (AvgIpc) is 2.75. The number of carbonyl (C=O) groups excluding carboxylic acids is 2. The third-order valence-corrected chi connectivity index (χ3v) is 5.25. The van der Waals surface area contributed by atoms with Crippen LogP contribution < -0.4 is 14.8 Å². The van der Waals surface area contributed by atoms with Gasteiger partial charge in [-0.3, -0.25) is 4.79 Å². The summed E-state index contributed by atoms with van der Waals surface area (Å²) in [5.74, 6) is -1.33. The molecular weight excluding hydrogens is 448 g/mol. The predicted octanol–water partition coefficient (Wildman–Crippen LogP) is 4.24. The number of nitrogens with zero attached hydrogens (tertiary/aromatic N) is 1. The highest BCUT2D eigenvalue weighted by Crippen LogP contribution is 2.28. The summed E-state index contributed by atoms with van der Waals surface area (Å²) < 4.78 is 16.7. The summed E-state index contributed by atoms with van der Waals surface area (Å²) in [6.07, 6.45) is 0.275. The number of esters is 1. The van der Waals surface area contributed by atoms with E-state index in [2.05, 4.69) is 10.3 Å². The van der Waals surface area contributed by atoms with Gasteiger partial charge in [0.1, 0.15) is 24.0 Å². The maximum atomic E-state index is 13.0. The van der Waals surface area contributed by atoms with Crippen LogP contribution in [0.25, 0.3) is 0 Å². The lowest BCUT2D eigenvalue weighted by molar-refractivity contribution is -0.157. The normalized spacial score (nSPS) is 13.8. The van der Waals surface area contributed by atoms with Gasteiger partial charge in [0.25, 0.3) is 5.91 Å². The number of benzene rings is 1. The molecule has 1 aromatic heterocycles. The van der Waals surface area contributed by atoms with Gasteiger partial charge in [0, 0.05) is 17.3 Å². The van der Waals surface area contributed by atoms with Crippen LogP contribution in [0.3, 0.4) is 0 Å². The number of amides is 1. The first-order valence-corrected chi connectivity index (χ1v) is 11.1. The van der Waals surface area contributed by atoms with Crippen molar-refractivity contribution in [3.05, 3.63) is 47.2 Å². The molecule has 2 aromatic rings. The highest BCUT2D eigenvalue weighted by Gasteiger charge is 2.32. The molecule has 0 spiro atoms. The van der Waals surface area contributed by atoms with Crippen molar-refractivity contribution in [2.45, 2.75) is 52.9 Å². The Labute approximate surface area is 199 Å². The van der Waals surface area contributed by atoms with Crippen LogP contribution in [0.4, 0.5) is 0 Å². The molecule has 0 fully saturated rings. The molecule has 9 heteroatoms. The largest absolute Gasteiger partial charge is 0.503 e. The molecule has 8 nitrogen and oxygen atoms in total. The van der Waals surface area contributed by atoms with Crippen molar-refractivity contribution in [1.82, 2.24) is 10.3 Å². The standard InChI is InChI=1S/C24H31ClN2O6/c1-13(2)19(27-23(29)20-21(28)18(31-6)10-11-26-20)24(30)32-15(5)22(14(3)4)33-17-9-7-8-16(25)12-17/h7-15,19,22,28H,1-6H3,(H,27,29)/t15-,19-,22+/m0/s1. The van der Waals surface area contributed by atoms with Crippen LogP contribution in [0.15, 0.2) is 36.5 Å². The van der Waals surface area contributed by atoms with Crippen molar-refractivity contribution >= 4 is 23.5 Å². The fourth-order valence-electron chi connectivity index (χ4n) is 3.27. The summed E-state index contributed by atoms with van der Waals surface area (Å²) in [5, 5.41) is 13.3. The molecule has 1 amide bonds. The molecule has 0 bridgehead atoms. The van der Waals surface area contributed by atoms with Gasteiger partial charge in [-0.05, 0) is 37.0 Å². The highest BCUT2D eigenvalue weighted by molar-refractivity contribution is 6.30. The zero-order valence-electron chi connectivity index (χ0n) is 19.7. The summed E-state index contributed by atoms with van der Waals surface area (Å²) in [6.45, 7) is 9.20. The maximum Gasteiger partial charge on any atom is 0.329 e. The van der Waals surface area contributed by atoms with Crippen molar-refractivity contribution < 1.29 is 28.9 Å². The number of rotatable bonds is 10. The lowest BCUT2D eigenvalue weighted by Gasteiger charge is -2.30. The number of aromatic nitrogens is 1. The van der Waals surface area contributed by atoms with Crippen LogP contribution in [0.2, 0.25) is 5.02 Å². The minimum Gasteiger partial charge on any atom is -0.503 e. The summed E-state index contributed by atoms with van der Waals surface area (Å²) in [5.41, 5.74) is -0.245. The third-order valence-electron chi connectivity index (χ3n) is 5.02. The summed E-state index contributed by atoms with van der Waals surface area (Å²) in [4.78, 5) is 29.6. The van der Waals surface area contributed by atoms with E-state index in [0.717, 1.165) is 0 Å². The van der Waals surface area contributed by atoms with Gasteiger partial charge in [-0.2, -0.15) is 0 Å². The van der Waals surface area contributed by atoms with Gasteiger partial charge in [0.15, 0.2) is 17.2 Å². The molecule has 33 heavy (non-hydrogen) atoms. The molecule has 1 heterocycles. The Kier molecular flexibility index (Phi) is 9.34. The molecule has 0 aliphatic heterocycles. The quantitative estimate of drug-likeness (QED) is 0.492. The zero-order chi connectivity index (χ0) is 24.7. The van der Waals surface area contributed by atoms with Crippen molar-refractivity contribution in [3.8, 4) is 17.2 Å². The Morgan fingerprint density at radius 2 is 1.79 bits per heavy atom. The van der Waals surface area contributed by atoms with Crippen molar-refractivity contribution in [1.29, 1.82) is 0 Å². The number of ether oxygens (including phenoxy) is 3. The minimum atomic E-state index is -0.966. The second kappa shape index (κ2) is 11.7. The molecule has 0 aliphatic rings. The van der Waals surface area contributed by atoms with Crippen LogP contribution in [-0.4, -0.2) is 47.3 Å². The van der Waals surface area contributed by atoms with Crippen LogP contribution in [0.5, 0.6) is 17.2 Å². The topological polar surface area (TPSA) is 107 Å². The number of aromatic hydroxyl groups is 1. The van der Waals surface area contributed by atoms with Gasteiger partial charge >= 0.3 is 5.97 Å². The minimum absolute atomic E-state index is 0.0248. The molecule has 180 valence electrons. The molecule has 1 aromatic carbocycles. The van der Waals surface area contributed by atoms with E-state index in [0.29, 0.717) is 10.8 Å². The van der Waals surface area contributed by atoms with Gasteiger partial charge in [-0.1, -0.05) is 45.4 Å². The second-order valence-corrected chi connectivity index (χ2v) is 8.77. The van der Waals surface area contributed by atoms with Crippen LogP contribution in [0, 0.1) is 11.8 Å². The van der Waals surface area contributed by atoms with Gasteiger partial charge in [0.05, 0.1) is 7.11 Å². The van der Waals surface area contributed by atoms with Gasteiger partial charge < -0.3 is 24.6 Å². The molecule has 3 atom stereocenters. The Balaban J connectivity index is 2.14. The van der Waals surface area contributed by atoms with Crippen molar-refractivity contribution in [3.63, 3.8) is 0 Å². The lowest BCUT2D eigenvalue weighted by atomic mass is 10.0. The second-order valence-electron chi connectivity index (χ2n) is 8.33. The van der Waals surface area contributed by atoms with E-state index in [1.54, 1.807) is 45.0 Å². The fraction of sp³-hybridized carbons (Fsp3) is 0.458.